The van der Waals surface area contributed by atoms with Crippen LogP contribution >= 0.6 is 0 Å². The summed E-state index contributed by atoms with van der Waals surface area (Å²) >= 11 is 0. The predicted octanol–water partition coefficient (Wildman–Crippen LogP) is 2.85. The summed E-state index contributed by atoms with van der Waals surface area (Å²) in [7, 11) is 1.60. The van der Waals surface area contributed by atoms with Gasteiger partial charge in [-0.2, -0.15) is 0 Å². The molecule has 2 aliphatic rings. The first-order valence-electron chi connectivity index (χ1n) is 10.7. The standard InChI is InChI=1S/C23H33N3O3/c1-18(22(27)24-12-11-19-7-4-3-5-8-19)25-13-15-26(16-14-25)23(28)20-9-6-10-21(17-20)29-2/h6-7,9-10,17-18H,3-5,8,11-16H2,1-2H3,(H,24,27). The van der Waals surface area contributed by atoms with Crippen molar-refractivity contribution in [2.75, 3.05) is 39.8 Å². The van der Waals surface area contributed by atoms with Gasteiger partial charge in [-0.05, 0) is 57.2 Å². The van der Waals surface area contributed by atoms with E-state index in [4.69, 9.17) is 4.74 Å². The number of allylic oxidation sites excluding steroid dienone is 1. The van der Waals surface area contributed by atoms with Gasteiger partial charge in [-0.3, -0.25) is 14.5 Å². The number of piperazine rings is 1. The Morgan fingerprint density at radius 3 is 2.66 bits per heavy atom. The Morgan fingerprint density at radius 1 is 1.17 bits per heavy atom. The predicted molar refractivity (Wildman–Crippen MR) is 114 cm³/mol. The first-order chi connectivity index (χ1) is 14.1. The molecule has 1 heterocycles. The second-order valence-electron chi connectivity index (χ2n) is 7.89. The van der Waals surface area contributed by atoms with Gasteiger partial charge in [0.15, 0.2) is 0 Å². The van der Waals surface area contributed by atoms with Gasteiger partial charge in [-0.15, -0.1) is 0 Å². The molecule has 0 saturated carbocycles. The highest BCUT2D eigenvalue weighted by molar-refractivity contribution is 5.94. The molecule has 2 amide bonds. The zero-order valence-corrected chi connectivity index (χ0v) is 17.7. The van der Waals surface area contributed by atoms with Crippen LogP contribution in [-0.4, -0.2) is 67.5 Å². The van der Waals surface area contributed by atoms with Gasteiger partial charge in [0, 0.05) is 38.3 Å². The summed E-state index contributed by atoms with van der Waals surface area (Å²) in [6.07, 6.45) is 8.21. The van der Waals surface area contributed by atoms with Crippen molar-refractivity contribution in [3.8, 4) is 5.75 Å². The quantitative estimate of drug-likeness (QED) is 0.716. The molecule has 3 rings (SSSR count). The average Bonchev–Trinajstić information content (AvgIpc) is 2.79. The van der Waals surface area contributed by atoms with Gasteiger partial charge in [-0.25, -0.2) is 0 Å². The highest BCUT2D eigenvalue weighted by Crippen LogP contribution is 2.19. The summed E-state index contributed by atoms with van der Waals surface area (Å²) in [6.45, 7) is 5.32. The third-order valence-electron chi connectivity index (χ3n) is 5.98. The van der Waals surface area contributed by atoms with E-state index in [9.17, 15) is 9.59 Å². The van der Waals surface area contributed by atoms with E-state index in [0.717, 1.165) is 6.42 Å². The van der Waals surface area contributed by atoms with Crippen LogP contribution in [-0.2, 0) is 4.79 Å². The maximum absolute atomic E-state index is 12.7. The minimum atomic E-state index is -0.176. The van der Waals surface area contributed by atoms with Crippen LogP contribution in [0.5, 0.6) is 5.75 Å². The summed E-state index contributed by atoms with van der Waals surface area (Å²) < 4.78 is 5.21. The number of nitrogens with zero attached hydrogens (tertiary/aromatic N) is 2. The average molecular weight is 400 g/mol. The minimum Gasteiger partial charge on any atom is -0.497 e. The van der Waals surface area contributed by atoms with E-state index in [1.807, 2.05) is 30.0 Å². The topological polar surface area (TPSA) is 61.9 Å². The lowest BCUT2D eigenvalue weighted by atomic mass is 9.97. The second kappa shape index (κ2) is 10.4. The number of methoxy groups -OCH3 is 1. The first-order valence-corrected chi connectivity index (χ1v) is 10.7. The van der Waals surface area contributed by atoms with Crippen LogP contribution in [0.1, 0.15) is 49.4 Å². The molecule has 0 bridgehead atoms. The zero-order chi connectivity index (χ0) is 20.6. The molecule has 0 aromatic heterocycles. The van der Waals surface area contributed by atoms with Crippen molar-refractivity contribution in [1.82, 2.24) is 15.1 Å². The fourth-order valence-corrected chi connectivity index (χ4v) is 4.04. The molecule has 29 heavy (non-hydrogen) atoms. The monoisotopic (exact) mass is 399 g/mol. The van der Waals surface area contributed by atoms with Crippen LogP contribution in [0.2, 0.25) is 0 Å². The van der Waals surface area contributed by atoms with E-state index in [1.165, 1.54) is 31.3 Å². The Bertz CT molecular complexity index is 739. The van der Waals surface area contributed by atoms with Gasteiger partial charge in [0.1, 0.15) is 5.75 Å². The minimum absolute atomic E-state index is 0.0152. The number of nitrogens with one attached hydrogen (secondary N) is 1. The Hall–Kier alpha value is -2.34. The van der Waals surface area contributed by atoms with E-state index in [1.54, 1.807) is 13.2 Å². The Morgan fingerprint density at radius 2 is 1.97 bits per heavy atom. The largest absolute Gasteiger partial charge is 0.497 e. The molecule has 1 aromatic rings. The fourth-order valence-electron chi connectivity index (χ4n) is 4.04. The second-order valence-corrected chi connectivity index (χ2v) is 7.89. The van der Waals surface area contributed by atoms with E-state index in [-0.39, 0.29) is 17.9 Å². The summed E-state index contributed by atoms with van der Waals surface area (Å²) in [5, 5.41) is 3.08. The number of hydrogen-bond donors (Lipinski definition) is 1. The maximum atomic E-state index is 12.7. The van der Waals surface area contributed by atoms with Crippen molar-refractivity contribution in [3.63, 3.8) is 0 Å². The number of carbonyl (C=O) groups excluding carboxylic acids is 2. The van der Waals surface area contributed by atoms with Crippen LogP contribution in [0.15, 0.2) is 35.9 Å². The Balaban J connectivity index is 1.43. The van der Waals surface area contributed by atoms with Crippen LogP contribution in [0.25, 0.3) is 0 Å². The number of benzene rings is 1. The van der Waals surface area contributed by atoms with Gasteiger partial charge in [0.05, 0.1) is 13.2 Å². The maximum Gasteiger partial charge on any atom is 0.254 e. The summed E-state index contributed by atoms with van der Waals surface area (Å²) in [5.74, 6) is 0.777. The zero-order valence-electron chi connectivity index (χ0n) is 17.7. The normalized spacial score (nSPS) is 18.7. The van der Waals surface area contributed by atoms with Crippen molar-refractivity contribution in [3.05, 3.63) is 41.5 Å². The van der Waals surface area contributed by atoms with E-state index < -0.39 is 0 Å². The number of rotatable bonds is 7. The first kappa shape index (κ1) is 21.4. The van der Waals surface area contributed by atoms with Gasteiger partial charge >= 0.3 is 0 Å². The van der Waals surface area contributed by atoms with Crippen LogP contribution < -0.4 is 10.1 Å². The van der Waals surface area contributed by atoms with E-state index in [0.29, 0.717) is 44.0 Å². The molecule has 6 nitrogen and oxygen atoms in total. The van der Waals surface area contributed by atoms with Crippen LogP contribution in [0.4, 0.5) is 0 Å². The van der Waals surface area contributed by atoms with Crippen LogP contribution in [0.3, 0.4) is 0 Å². The molecule has 0 spiro atoms. The molecule has 0 radical (unpaired) electrons. The molecule has 1 unspecified atom stereocenters. The lowest BCUT2D eigenvalue weighted by Gasteiger charge is -2.37. The van der Waals surface area contributed by atoms with E-state index in [2.05, 4.69) is 16.3 Å². The Kier molecular flexibility index (Phi) is 7.69. The third-order valence-corrected chi connectivity index (χ3v) is 5.98. The molecule has 1 saturated heterocycles. The lowest BCUT2D eigenvalue weighted by Crippen LogP contribution is -2.55. The van der Waals surface area contributed by atoms with Crippen molar-refractivity contribution >= 4 is 11.8 Å². The molecule has 158 valence electrons. The van der Waals surface area contributed by atoms with Crippen molar-refractivity contribution in [2.45, 2.75) is 45.1 Å². The van der Waals surface area contributed by atoms with Gasteiger partial charge in [-0.1, -0.05) is 17.7 Å². The van der Waals surface area contributed by atoms with Crippen molar-refractivity contribution in [1.29, 1.82) is 0 Å². The fraction of sp³-hybridized carbons (Fsp3) is 0.565. The molecule has 1 aliphatic carbocycles. The molecule has 1 aromatic carbocycles. The molecule has 1 fully saturated rings. The van der Waals surface area contributed by atoms with E-state index >= 15 is 0 Å². The highest BCUT2D eigenvalue weighted by Gasteiger charge is 2.27. The SMILES string of the molecule is COc1cccc(C(=O)N2CCN(C(C)C(=O)NCCC3=CCCCC3)CC2)c1. The van der Waals surface area contributed by atoms with Crippen LogP contribution in [0, 0.1) is 0 Å². The number of hydrogen-bond acceptors (Lipinski definition) is 4. The van der Waals surface area contributed by atoms with Crippen molar-refractivity contribution < 1.29 is 14.3 Å². The number of carbonyl (C=O) groups is 2. The molecule has 1 N–H and O–H groups in total. The number of ether oxygens (including phenoxy) is 1. The van der Waals surface area contributed by atoms with Gasteiger partial charge in [0.2, 0.25) is 5.91 Å². The Labute approximate surface area is 173 Å². The smallest absolute Gasteiger partial charge is 0.254 e. The summed E-state index contributed by atoms with van der Waals surface area (Å²) in [6, 6.07) is 7.07. The van der Waals surface area contributed by atoms with Gasteiger partial charge < -0.3 is 15.0 Å². The van der Waals surface area contributed by atoms with Crippen molar-refractivity contribution in [2.24, 2.45) is 0 Å². The lowest BCUT2D eigenvalue weighted by molar-refractivity contribution is -0.126. The molecular weight excluding hydrogens is 366 g/mol. The summed E-state index contributed by atoms with van der Waals surface area (Å²) in [5.41, 5.74) is 2.12. The number of amides is 2. The summed E-state index contributed by atoms with van der Waals surface area (Å²) in [4.78, 5) is 29.3. The molecule has 6 heteroatoms. The molecular formula is C23H33N3O3. The molecule has 1 aliphatic heterocycles. The van der Waals surface area contributed by atoms with Gasteiger partial charge in [0.25, 0.3) is 5.91 Å². The highest BCUT2D eigenvalue weighted by atomic mass is 16.5. The third kappa shape index (κ3) is 5.82. The molecule has 1 atom stereocenters.